The van der Waals surface area contributed by atoms with E-state index in [1.165, 1.54) is 16.7 Å². The number of hydrogen-bond acceptors (Lipinski definition) is 4. The zero-order chi connectivity index (χ0) is 12.3. The average Bonchev–Trinajstić information content (AvgIpc) is 2.75. The van der Waals surface area contributed by atoms with Gasteiger partial charge in [-0.2, -0.15) is 0 Å². The highest BCUT2D eigenvalue weighted by atomic mass is 32.2. The molecule has 1 fully saturated rings. The first-order chi connectivity index (χ1) is 7.46. The van der Waals surface area contributed by atoms with Crippen molar-refractivity contribution in [1.29, 1.82) is 0 Å². The van der Waals surface area contributed by atoms with E-state index in [1.807, 2.05) is 6.92 Å². The lowest BCUT2D eigenvalue weighted by molar-refractivity contribution is -0.152. The number of amides is 1. The van der Waals surface area contributed by atoms with Crippen LogP contribution in [0.1, 0.15) is 20.3 Å². The smallest absolute Gasteiger partial charge is 0.327 e. The molecule has 0 aromatic heterocycles. The highest BCUT2D eigenvalue weighted by Crippen LogP contribution is 2.29. The Bertz CT molecular complexity index is 292. The lowest BCUT2D eigenvalue weighted by atomic mass is 9.86. The fourth-order valence-electron chi connectivity index (χ4n) is 1.58. The normalized spacial score (nSPS) is 24.2. The molecule has 5 nitrogen and oxygen atoms in total. The molecule has 0 aliphatic carbocycles. The SMILES string of the molecule is CCC(C)(CN)C(=O)N1CSC[C@H]1C(=O)O. The van der Waals surface area contributed by atoms with E-state index >= 15 is 0 Å². The van der Waals surface area contributed by atoms with Crippen LogP contribution < -0.4 is 5.73 Å². The summed E-state index contributed by atoms with van der Waals surface area (Å²) >= 11 is 1.47. The van der Waals surface area contributed by atoms with Crippen LogP contribution >= 0.6 is 11.8 Å². The van der Waals surface area contributed by atoms with Gasteiger partial charge in [0.05, 0.1) is 11.3 Å². The molecule has 1 amide bonds. The van der Waals surface area contributed by atoms with Gasteiger partial charge in [-0.1, -0.05) is 6.92 Å². The van der Waals surface area contributed by atoms with Crippen LogP contribution in [-0.4, -0.2) is 46.1 Å². The Morgan fingerprint density at radius 1 is 1.62 bits per heavy atom. The van der Waals surface area contributed by atoms with Gasteiger partial charge in [0, 0.05) is 12.3 Å². The van der Waals surface area contributed by atoms with Crippen molar-refractivity contribution in [3.05, 3.63) is 0 Å². The molecule has 1 aliphatic heterocycles. The molecule has 1 unspecified atom stereocenters. The second kappa shape index (κ2) is 5.05. The van der Waals surface area contributed by atoms with Crippen molar-refractivity contribution in [2.24, 2.45) is 11.1 Å². The molecule has 1 rings (SSSR count). The first-order valence-corrected chi connectivity index (χ1v) is 6.43. The standard InChI is InChI=1S/C10H18N2O3S/c1-3-10(2,5-11)9(15)12-6-16-4-7(12)8(13)14/h7H,3-6,11H2,1-2H3,(H,13,14)/t7-,10?/m0/s1. The molecule has 2 atom stereocenters. The molecule has 0 aromatic carbocycles. The largest absolute Gasteiger partial charge is 0.480 e. The average molecular weight is 246 g/mol. The fourth-order valence-corrected chi connectivity index (χ4v) is 2.72. The fraction of sp³-hybridized carbons (Fsp3) is 0.800. The maximum Gasteiger partial charge on any atom is 0.327 e. The Balaban J connectivity index is 2.84. The van der Waals surface area contributed by atoms with E-state index < -0.39 is 17.4 Å². The van der Waals surface area contributed by atoms with Crippen LogP contribution in [0.5, 0.6) is 0 Å². The van der Waals surface area contributed by atoms with Gasteiger partial charge in [0.2, 0.25) is 5.91 Å². The molecular formula is C10H18N2O3S. The third-order valence-corrected chi connectivity index (χ3v) is 4.19. The Morgan fingerprint density at radius 2 is 2.25 bits per heavy atom. The summed E-state index contributed by atoms with van der Waals surface area (Å²) in [5.41, 5.74) is 4.97. The molecular weight excluding hydrogens is 228 g/mol. The molecule has 1 saturated heterocycles. The van der Waals surface area contributed by atoms with Gasteiger partial charge in [-0.3, -0.25) is 4.79 Å². The Kier molecular flexibility index (Phi) is 4.21. The summed E-state index contributed by atoms with van der Waals surface area (Å²) in [6, 6.07) is -0.699. The molecule has 0 saturated carbocycles. The summed E-state index contributed by atoms with van der Waals surface area (Å²) < 4.78 is 0. The van der Waals surface area contributed by atoms with E-state index in [0.717, 1.165) is 0 Å². The zero-order valence-corrected chi connectivity index (χ0v) is 10.4. The minimum atomic E-state index is -0.936. The van der Waals surface area contributed by atoms with Gasteiger partial charge in [0.15, 0.2) is 0 Å². The summed E-state index contributed by atoms with van der Waals surface area (Å²) in [5, 5.41) is 9.01. The van der Waals surface area contributed by atoms with Crippen molar-refractivity contribution >= 4 is 23.6 Å². The Morgan fingerprint density at radius 3 is 2.69 bits per heavy atom. The van der Waals surface area contributed by atoms with Crippen LogP contribution in [0.25, 0.3) is 0 Å². The van der Waals surface area contributed by atoms with Crippen molar-refractivity contribution in [2.45, 2.75) is 26.3 Å². The minimum Gasteiger partial charge on any atom is -0.480 e. The third kappa shape index (κ3) is 2.32. The van der Waals surface area contributed by atoms with E-state index in [0.29, 0.717) is 18.1 Å². The highest BCUT2D eigenvalue weighted by Gasteiger charge is 2.41. The van der Waals surface area contributed by atoms with E-state index in [1.54, 1.807) is 6.92 Å². The molecule has 6 heteroatoms. The maximum absolute atomic E-state index is 12.2. The number of carbonyl (C=O) groups excluding carboxylic acids is 1. The number of carbonyl (C=O) groups is 2. The Labute approximate surface area is 99.4 Å². The van der Waals surface area contributed by atoms with Crippen molar-refractivity contribution in [1.82, 2.24) is 4.90 Å². The predicted molar refractivity (Wildman–Crippen MR) is 63.0 cm³/mol. The first-order valence-electron chi connectivity index (χ1n) is 5.28. The van der Waals surface area contributed by atoms with Crippen molar-refractivity contribution in [3.8, 4) is 0 Å². The van der Waals surface area contributed by atoms with Gasteiger partial charge in [0.25, 0.3) is 0 Å². The Hall–Kier alpha value is -0.750. The molecule has 0 aromatic rings. The van der Waals surface area contributed by atoms with Crippen LogP contribution in [0.2, 0.25) is 0 Å². The van der Waals surface area contributed by atoms with Gasteiger partial charge in [-0.15, -0.1) is 11.8 Å². The summed E-state index contributed by atoms with van der Waals surface area (Å²) in [4.78, 5) is 24.6. The first kappa shape index (κ1) is 13.3. The molecule has 0 bridgehead atoms. The number of hydrogen-bond donors (Lipinski definition) is 2. The van der Waals surface area contributed by atoms with E-state index in [2.05, 4.69) is 0 Å². The molecule has 0 radical (unpaired) electrons. The molecule has 1 heterocycles. The number of nitrogens with two attached hydrogens (primary N) is 1. The molecule has 1 aliphatic rings. The highest BCUT2D eigenvalue weighted by molar-refractivity contribution is 7.99. The van der Waals surface area contributed by atoms with Gasteiger partial charge >= 0.3 is 5.97 Å². The third-order valence-electron chi connectivity index (χ3n) is 3.18. The van der Waals surface area contributed by atoms with Gasteiger partial charge in [-0.05, 0) is 13.3 Å². The lowest BCUT2D eigenvalue weighted by Crippen LogP contribution is -2.50. The summed E-state index contributed by atoms with van der Waals surface area (Å²) in [5.74, 6) is -0.166. The van der Waals surface area contributed by atoms with Crippen LogP contribution in [0.4, 0.5) is 0 Å². The van der Waals surface area contributed by atoms with Gasteiger partial charge in [0.1, 0.15) is 6.04 Å². The maximum atomic E-state index is 12.2. The lowest BCUT2D eigenvalue weighted by Gasteiger charge is -2.32. The number of nitrogens with zero attached hydrogens (tertiary/aromatic N) is 1. The quantitative estimate of drug-likeness (QED) is 0.747. The second-order valence-corrected chi connectivity index (χ2v) is 5.25. The summed E-state index contributed by atoms with van der Waals surface area (Å²) in [7, 11) is 0. The monoisotopic (exact) mass is 246 g/mol. The number of carboxylic acids is 1. The van der Waals surface area contributed by atoms with Crippen molar-refractivity contribution < 1.29 is 14.7 Å². The van der Waals surface area contributed by atoms with Crippen molar-refractivity contribution in [3.63, 3.8) is 0 Å². The van der Waals surface area contributed by atoms with Crippen LogP contribution in [0, 0.1) is 5.41 Å². The summed E-state index contributed by atoms with van der Waals surface area (Å²) in [6.45, 7) is 3.93. The number of carboxylic acid groups (broad SMARTS) is 1. The molecule has 3 N–H and O–H groups in total. The second-order valence-electron chi connectivity index (χ2n) is 4.25. The predicted octanol–water partition coefficient (Wildman–Crippen LogP) is 0.347. The van der Waals surface area contributed by atoms with Gasteiger partial charge < -0.3 is 15.7 Å². The molecule has 16 heavy (non-hydrogen) atoms. The number of thioether (sulfide) groups is 1. The van der Waals surface area contributed by atoms with Crippen LogP contribution in [-0.2, 0) is 9.59 Å². The van der Waals surface area contributed by atoms with E-state index in [-0.39, 0.29) is 12.5 Å². The molecule has 0 spiro atoms. The van der Waals surface area contributed by atoms with Crippen molar-refractivity contribution in [2.75, 3.05) is 18.2 Å². The zero-order valence-electron chi connectivity index (χ0n) is 9.60. The topological polar surface area (TPSA) is 83.6 Å². The number of aliphatic carboxylic acids is 1. The minimum absolute atomic E-state index is 0.144. The number of rotatable bonds is 4. The summed E-state index contributed by atoms with van der Waals surface area (Å²) in [6.07, 6.45) is 0.621. The van der Waals surface area contributed by atoms with Crippen LogP contribution in [0.3, 0.4) is 0 Å². The van der Waals surface area contributed by atoms with Gasteiger partial charge in [-0.25, -0.2) is 4.79 Å². The van der Waals surface area contributed by atoms with E-state index in [4.69, 9.17) is 10.8 Å². The van der Waals surface area contributed by atoms with E-state index in [9.17, 15) is 9.59 Å². The molecule has 92 valence electrons. The van der Waals surface area contributed by atoms with Crippen LogP contribution in [0.15, 0.2) is 0 Å².